The van der Waals surface area contributed by atoms with Crippen molar-refractivity contribution >= 4 is 21.6 Å². The van der Waals surface area contributed by atoms with E-state index in [1.54, 1.807) is 23.8 Å². The van der Waals surface area contributed by atoms with Crippen molar-refractivity contribution in [2.45, 2.75) is 26.3 Å². The molecule has 3 aromatic rings. The number of rotatable bonds is 5. The zero-order valence-corrected chi connectivity index (χ0v) is 14.7. The van der Waals surface area contributed by atoms with E-state index in [2.05, 4.69) is 0 Å². The second kappa shape index (κ2) is 6.83. The second-order valence-corrected chi connectivity index (χ2v) is 6.77. The van der Waals surface area contributed by atoms with Gasteiger partial charge in [0.2, 0.25) is 0 Å². The lowest BCUT2D eigenvalue weighted by Crippen LogP contribution is -2.27. The lowest BCUT2D eigenvalue weighted by Gasteiger charge is -2.14. The number of ether oxygens (including phenoxy) is 1. The van der Waals surface area contributed by atoms with Crippen LogP contribution in [-0.2, 0) is 11.3 Å². The lowest BCUT2D eigenvalue weighted by molar-refractivity contribution is 0.184. The summed E-state index contributed by atoms with van der Waals surface area (Å²) in [4.78, 5) is 18.5. The molecule has 0 aliphatic carbocycles. The molecule has 4 nitrogen and oxygen atoms in total. The van der Waals surface area contributed by atoms with Crippen LogP contribution in [-0.4, -0.2) is 23.3 Å². The first-order valence-corrected chi connectivity index (χ1v) is 8.67. The Morgan fingerprint density at radius 3 is 2.62 bits per heavy atom. The predicted molar refractivity (Wildman–Crippen MR) is 95.2 cm³/mol. The van der Waals surface area contributed by atoms with Crippen LogP contribution in [0.25, 0.3) is 21.3 Å². The summed E-state index contributed by atoms with van der Waals surface area (Å²) in [6.45, 7) is 4.95. The molecule has 0 atom stereocenters. The Bertz CT molecular complexity index is 913. The van der Waals surface area contributed by atoms with E-state index in [1.807, 2.05) is 19.2 Å². The quantitative estimate of drug-likeness (QED) is 0.700. The van der Waals surface area contributed by atoms with Gasteiger partial charge < -0.3 is 4.74 Å². The average Bonchev–Trinajstić information content (AvgIpc) is 2.98. The molecule has 3 rings (SSSR count). The first-order valence-electron chi connectivity index (χ1n) is 7.79. The van der Waals surface area contributed by atoms with Crippen LogP contribution < -0.4 is 5.56 Å². The molecule has 2 heterocycles. The van der Waals surface area contributed by atoms with E-state index in [1.165, 1.54) is 23.5 Å². The largest absolute Gasteiger partial charge is 0.383 e. The molecule has 126 valence electrons. The molecule has 2 aromatic heterocycles. The average molecular weight is 346 g/mol. The molecule has 0 radical (unpaired) electrons. The number of aromatic nitrogens is 2. The van der Waals surface area contributed by atoms with E-state index in [9.17, 15) is 9.18 Å². The molecule has 0 aliphatic heterocycles. The maximum atomic E-state index is 13.2. The van der Waals surface area contributed by atoms with Gasteiger partial charge in [0.15, 0.2) is 0 Å². The van der Waals surface area contributed by atoms with Gasteiger partial charge in [0.1, 0.15) is 16.5 Å². The van der Waals surface area contributed by atoms with Crippen LogP contribution in [0.15, 0.2) is 34.4 Å². The zero-order valence-electron chi connectivity index (χ0n) is 13.9. The highest BCUT2D eigenvalue weighted by Gasteiger charge is 2.18. The smallest absolute Gasteiger partial charge is 0.262 e. The molecule has 0 N–H and O–H groups in total. The molecule has 24 heavy (non-hydrogen) atoms. The van der Waals surface area contributed by atoms with Crippen LogP contribution in [0.4, 0.5) is 4.39 Å². The minimum atomic E-state index is -0.295. The van der Waals surface area contributed by atoms with Crippen molar-refractivity contribution in [1.82, 2.24) is 9.55 Å². The van der Waals surface area contributed by atoms with Gasteiger partial charge in [-0.2, -0.15) is 0 Å². The molecule has 0 spiro atoms. The normalized spacial score (nSPS) is 11.5. The summed E-state index contributed by atoms with van der Waals surface area (Å²) < 4.78 is 20.0. The highest BCUT2D eigenvalue weighted by Crippen LogP contribution is 2.31. The number of thiophene rings is 1. The molecular weight excluding hydrogens is 327 g/mol. The third-order valence-corrected chi connectivity index (χ3v) is 4.79. The molecule has 0 fully saturated rings. The fourth-order valence-corrected chi connectivity index (χ4v) is 3.67. The Kier molecular flexibility index (Phi) is 4.78. The van der Waals surface area contributed by atoms with Gasteiger partial charge in [-0.25, -0.2) is 9.37 Å². The van der Waals surface area contributed by atoms with Crippen molar-refractivity contribution in [3.05, 3.63) is 51.6 Å². The van der Waals surface area contributed by atoms with Gasteiger partial charge >= 0.3 is 0 Å². The summed E-state index contributed by atoms with van der Waals surface area (Å²) >= 11 is 1.44. The van der Waals surface area contributed by atoms with Crippen molar-refractivity contribution in [1.29, 1.82) is 0 Å². The molecule has 0 saturated heterocycles. The maximum Gasteiger partial charge on any atom is 0.262 e. The van der Waals surface area contributed by atoms with E-state index in [0.717, 1.165) is 21.8 Å². The third kappa shape index (κ3) is 2.99. The number of fused-ring (bicyclic) bond motifs is 1. The molecule has 1 aromatic carbocycles. The summed E-state index contributed by atoms with van der Waals surface area (Å²) in [6.07, 6.45) is 0. The van der Waals surface area contributed by atoms with Crippen molar-refractivity contribution in [3.63, 3.8) is 0 Å². The molecule has 0 amide bonds. The first kappa shape index (κ1) is 16.8. The van der Waals surface area contributed by atoms with Crippen molar-refractivity contribution in [2.24, 2.45) is 0 Å². The van der Waals surface area contributed by atoms with Gasteiger partial charge in [-0.3, -0.25) is 9.36 Å². The van der Waals surface area contributed by atoms with Gasteiger partial charge in [-0.05, 0) is 17.7 Å². The van der Waals surface area contributed by atoms with Crippen molar-refractivity contribution < 1.29 is 9.13 Å². The van der Waals surface area contributed by atoms with Crippen LogP contribution in [0.1, 0.15) is 25.6 Å². The predicted octanol–water partition coefficient (Wildman–Crippen LogP) is 4.03. The van der Waals surface area contributed by atoms with Gasteiger partial charge in [0.05, 0.1) is 18.5 Å². The number of hydrogen-bond donors (Lipinski definition) is 0. The number of halogens is 1. The van der Waals surface area contributed by atoms with E-state index < -0.39 is 0 Å². The molecule has 0 aliphatic rings. The van der Waals surface area contributed by atoms with Crippen LogP contribution in [0.3, 0.4) is 0 Å². The van der Waals surface area contributed by atoms with E-state index in [4.69, 9.17) is 9.72 Å². The van der Waals surface area contributed by atoms with Crippen LogP contribution in [0.2, 0.25) is 0 Å². The fourth-order valence-electron chi connectivity index (χ4n) is 2.72. The SMILES string of the molecule is COCCn1c(C(C)C)nc2scc(-c3ccc(F)cc3)c2c1=O. The second-order valence-electron chi connectivity index (χ2n) is 5.91. The van der Waals surface area contributed by atoms with Crippen molar-refractivity contribution in [2.75, 3.05) is 13.7 Å². The zero-order chi connectivity index (χ0) is 17.3. The Balaban J connectivity index is 2.24. The maximum absolute atomic E-state index is 13.2. The van der Waals surface area contributed by atoms with Gasteiger partial charge in [-0.15, -0.1) is 11.3 Å². The van der Waals surface area contributed by atoms with Crippen molar-refractivity contribution in [3.8, 4) is 11.1 Å². The Labute approximate surface area is 143 Å². The minimum Gasteiger partial charge on any atom is -0.383 e. The van der Waals surface area contributed by atoms with Gasteiger partial charge in [0, 0.05) is 24.0 Å². The van der Waals surface area contributed by atoms with Gasteiger partial charge in [-0.1, -0.05) is 26.0 Å². The molecule has 0 unspecified atom stereocenters. The monoisotopic (exact) mass is 346 g/mol. The lowest BCUT2D eigenvalue weighted by atomic mass is 10.1. The number of methoxy groups -OCH3 is 1. The van der Waals surface area contributed by atoms with Gasteiger partial charge in [0.25, 0.3) is 5.56 Å². The fraction of sp³-hybridized carbons (Fsp3) is 0.333. The Hall–Kier alpha value is -2.05. The minimum absolute atomic E-state index is 0.0682. The standard InChI is InChI=1S/C18H19FN2O2S/c1-11(2)16-20-17-15(18(22)21(16)8-9-23-3)14(10-24-17)12-4-6-13(19)7-5-12/h4-7,10-11H,8-9H2,1-3H3. The first-order chi connectivity index (χ1) is 11.5. The summed E-state index contributed by atoms with van der Waals surface area (Å²) in [7, 11) is 1.61. The highest BCUT2D eigenvalue weighted by atomic mass is 32.1. The van der Waals surface area contributed by atoms with E-state index >= 15 is 0 Å². The highest BCUT2D eigenvalue weighted by molar-refractivity contribution is 7.17. The summed E-state index contributed by atoms with van der Waals surface area (Å²) in [6, 6.07) is 6.18. The van der Waals surface area contributed by atoms with Crippen LogP contribution >= 0.6 is 11.3 Å². The van der Waals surface area contributed by atoms with Crippen LogP contribution in [0, 0.1) is 5.82 Å². The summed E-state index contributed by atoms with van der Waals surface area (Å²) in [5, 5.41) is 2.50. The molecule has 0 bridgehead atoms. The van der Waals surface area contributed by atoms with Crippen LogP contribution in [0.5, 0.6) is 0 Å². The Morgan fingerprint density at radius 1 is 1.29 bits per heavy atom. The third-order valence-electron chi connectivity index (χ3n) is 3.91. The summed E-state index contributed by atoms with van der Waals surface area (Å²) in [5.41, 5.74) is 1.55. The Morgan fingerprint density at radius 2 is 2.00 bits per heavy atom. The molecule has 0 saturated carbocycles. The number of nitrogens with zero attached hydrogens (tertiary/aromatic N) is 2. The number of benzene rings is 1. The molecule has 6 heteroatoms. The molecular formula is C18H19FN2O2S. The number of hydrogen-bond acceptors (Lipinski definition) is 4. The topological polar surface area (TPSA) is 44.1 Å². The summed E-state index contributed by atoms with van der Waals surface area (Å²) in [5.74, 6) is 0.600. The van der Waals surface area contributed by atoms with E-state index in [0.29, 0.717) is 18.5 Å². The van der Waals surface area contributed by atoms with E-state index in [-0.39, 0.29) is 17.3 Å².